The van der Waals surface area contributed by atoms with Crippen molar-refractivity contribution in [1.29, 1.82) is 0 Å². The van der Waals surface area contributed by atoms with E-state index >= 15 is 0 Å². The number of carbonyl (C=O) groups is 1. The molecule has 5 heteroatoms. The molecule has 0 aliphatic carbocycles. The lowest BCUT2D eigenvalue weighted by Crippen LogP contribution is -2.10. The van der Waals surface area contributed by atoms with Gasteiger partial charge in [-0.25, -0.2) is 4.68 Å². The monoisotopic (exact) mass is 267 g/mol. The number of nitrogens with zero attached hydrogens (tertiary/aromatic N) is 2. The Morgan fingerprint density at radius 3 is 2.60 bits per heavy atom. The zero-order chi connectivity index (χ0) is 13.9. The summed E-state index contributed by atoms with van der Waals surface area (Å²) < 4.78 is 6.82. The van der Waals surface area contributed by atoms with E-state index < -0.39 is 0 Å². The van der Waals surface area contributed by atoms with Crippen molar-refractivity contribution in [2.75, 3.05) is 5.32 Å². The van der Waals surface area contributed by atoms with Gasteiger partial charge in [0, 0.05) is 11.9 Å². The summed E-state index contributed by atoms with van der Waals surface area (Å²) in [5.41, 5.74) is 2.60. The average molecular weight is 267 g/mol. The highest BCUT2D eigenvalue weighted by molar-refractivity contribution is 6.02. The van der Waals surface area contributed by atoms with Crippen LogP contribution in [0.25, 0.3) is 5.69 Å². The molecule has 1 amide bonds. The number of hydrogen-bond donors (Lipinski definition) is 1. The van der Waals surface area contributed by atoms with Gasteiger partial charge < -0.3 is 9.73 Å². The summed E-state index contributed by atoms with van der Waals surface area (Å²) in [6.45, 7) is 1.94. The molecule has 0 aliphatic rings. The molecule has 2 heterocycles. The second-order valence-electron chi connectivity index (χ2n) is 4.38. The summed E-state index contributed by atoms with van der Waals surface area (Å²) in [5, 5.41) is 7.09. The summed E-state index contributed by atoms with van der Waals surface area (Å²) in [5.74, 6) is 0.0226. The van der Waals surface area contributed by atoms with Crippen molar-refractivity contribution in [2.24, 2.45) is 0 Å². The van der Waals surface area contributed by atoms with E-state index in [-0.39, 0.29) is 11.7 Å². The quantitative estimate of drug-likeness (QED) is 0.793. The number of nitrogens with one attached hydrogen (secondary N) is 1. The van der Waals surface area contributed by atoms with Crippen LogP contribution in [-0.4, -0.2) is 15.7 Å². The normalized spacial score (nSPS) is 10.4. The first-order valence-electron chi connectivity index (χ1n) is 6.20. The first-order chi connectivity index (χ1) is 9.72. The molecule has 20 heavy (non-hydrogen) atoms. The molecule has 3 aromatic rings. The zero-order valence-electron chi connectivity index (χ0n) is 10.9. The molecular formula is C15H13N3O2. The molecule has 0 saturated carbocycles. The lowest BCUT2D eigenvalue weighted by molar-refractivity contribution is 0.0996. The SMILES string of the molecule is Cc1ccn(-c2ccc(NC(=O)c3ccco3)cc2)n1. The highest BCUT2D eigenvalue weighted by atomic mass is 16.3. The fourth-order valence-electron chi connectivity index (χ4n) is 1.86. The number of aryl methyl sites for hydroxylation is 1. The molecule has 2 aromatic heterocycles. The van der Waals surface area contributed by atoms with Crippen molar-refractivity contribution in [3.8, 4) is 5.69 Å². The number of furan rings is 1. The van der Waals surface area contributed by atoms with Gasteiger partial charge in [0.05, 0.1) is 17.6 Å². The maximum absolute atomic E-state index is 11.8. The summed E-state index contributed by atoms with van der Waals surface area (Å²) in [4.78, 5) is 11.8. The Balaban J connectivity index is 1.75. The number of rotatable bonds is 3. The molecule has 0 radical (unpaired) electrons. The maximum Gasteiger partial charge on any atom is 0.291 e. The van der Waals surface area contributed by atoms with Gasteiger partial charge in [0.15, 0.2) is 5.76 Å². The van der Waals surface area contributed by atoms with Crippen LogP contribution in [0.15, 0.2) is 59.3 Å². The van der Waals surface area contributed by atoms with E-state index in [9.17, 15) is 4.79 Å². The van der Waals surface area contributed by atoms with Crippen molar-refractivity contribution in [2.45, 2.75) is 6.92 Å². The third-order valence-electron chi connectivity index (χ3n) is 2.86. The van der Waals surface area contributed by atoms with Crippen LogP contribution >= 0.6 is 0 Å². The molecule has 0 fully saturated rings. The molecule has 0 spiro atoms. The Bertz CT molecular complexity index is 712. The predicted molar refractivity (Wildman–Crippen MR) is 75.0 cm³/mol. The third kappa shape index (κ3) is 2.47. The van der Waals surface area contributed by atoms with E-state index in [1.165, 1.54) is 6.26 Å². The smallest absolute Gasteiger partial charge is 0.291 e. The molecule has 0 atom stereocenters. The number of benzene rings is 1. The summed E-state index contributed by atoms with van der Waals surface area (Å²) in [6, 6.07) is 12.7. The van der Waals surface area contributed by atoms with Gasteiger partial charge in [0.2, 0.25) is 0 Å². The van der Waals surface area contributed by atoms with Crippen LogP contribution in [0, 0.1) is 6.92 Å². The highest BCUT2D eigenvalue weighted by Gasteiger charge is 2.08. The predicted octanol–water partition coefficient (Wildman–Crippen LogP) is 3.03. The van der Waals surface area contributed by atoms with Crippen LogP contribution in [0.2, 0.25) is 0 Å². The van der Waals surface area contributed by atoms with E-state index in [1.807, 2.05) is 43.5 Å². The Kier molecular flexibility index (Phi) is 3.09. The first-order valence-corrected chi connectivity index (χ1v) is 6.20. The number of amides is 1. The third-order valence-corrected chi connectivity index (χ3v) is 2.86. The second kappa shape index (κ2) is 5.05. The van der Waals surface area contributed by atoms with E-state index in [0.29, 0.717) is 5.69 Å². The molecule has 100 valence electrons. The van der Waals surface area contributed by atoms with Crippen molar-refractivity contribution < 1.29 is 9.21 Å². The van der Waals surface area contributed by atoms with Crippen LogP contribution in [0.4, 0.5) is 5.69 Å². The van der Waals surface area contributed by atoms with Gasteiger partial charge in [0.1, 0.15) is 0 Å². The van der Waals surface area contributed by atoms with Gasteiger partial charge in [0.25, 0.3) is 5.91 Å². The van der Waals surface area contributed by atoms with Gasteiger partial charge in [-0.15, -0.1) is 0 Å². The highest BCUT2D eigenvalue weighted by Crippen LogP contribution is 2.14. The fraction of sp³-hybridized carbons (Fsp3) is 0.0667. The number of carbonyl (C=O) groups excluding carboxylic acids is 1. The van der Waals surface area contributed by atoms with Gasteiger partial charge in [-0.1, -0.05) is 0 Å². The molecular weight excluding hydrogens is 254 g/mol. The molecule has 0 saturated heterocycles. The Labute approximate surface area is 115 Å². The topological polar surface area (TPSA) is 60.1 Å². The van der Waals surface area contributed by atoms with E-state index in [4.69, 9.17) is 4.42 Å². The number of aromatic nitrogens is 2. The fourth-order valence-corrected chi connectivity index (χ4v) is 1.86. The van der Waals surface area contributed by atoms with Crippen molar-refractivity contribution >= 4 is 11.6 Å². The lowest BCUT2D eigenvalue weighted by Gasteiger charge is -2.05. The summed E-state index contributed by atoms with van der Waals surface area (Å²) in [6.07, 6.45) is 3.36. The van der Waals surface area contributed by atoms with E-state index in [0.717, 1.165) is 11.4 Å². The summed E-state index contributed by atoms with van der Waals surface area (Å²) in [7, 11) is 0. The number of anilines is 1. The van der Waals surface area contributed by atoms with E-state index in [2.05, 4.69) is 10.4 Å². The molecule has 0 bridgehead atoms. The lowest BCUT2D eigenvalue weighted by atomic mass is 10.2. The van der Waals surface area contributed by atoms with Crippen molar-refractivity contribution in [3.63, 3.8) is 0 Å². The van der Waals surface area contributed by atoms with Gasteiger partial charge in [-0.05, 0) is 49.4 Å². The Morgan fingerprint density at radius 1 is 1.20 bits per heavy atom. The van der Waals surface area contributed by atoms with Gasteiger partial charge in [-0.2, -0.15) is 5.10 Å². The minimum atomic E-state index is -0.266. The van der Waals surface area contributed by atoms with Crippen LogP contribution in [0.5, 0.6) is 0 Å². The van der Waals surface area contributed by atoms with E-state index in [1.54, 1.807) is 16.8 Å². The molecule has 3 rings (SSSR count). The molecule has 1 aromatic carbocycles. The molecule has 1 N–H and O–H groups in total. The maximum atomic E-state index is 11.8. The zero-order valence-corrected chi connectivity index (χ0v) is 10.9. The van der Waals surface area contributed by atoms with Gasteiger partial charge >= 0.3 is 0 Å². The van der Waals surface area contributed by atoms with Crippen molar-refractivity contribution in [3.05, 3.63) is 66.4 Å². The van der Waals surface area contributed by atoms with Crippen LogP contribution in [0.1, 0.15) is 16.2 Å². The van der Waals surface area contributed by atoms with Crippen LogP contribution in [0.3, 0.4) is 0 Å². The Hall–Kier alpha value is -2.82. The molecule has 0 aliphatic heterocycles. The van der Waals surface area contributed by atoms with Crippen molar-refractivity contribution in [1.82, 2.24) is 9.78 Å². The van der Waals surface area contributed by atoms with Crippen LogP contribution < -0.4 is 5.32 Å². The summed E-state index contributed by atoms with van der Waals surface area (Å²) >= 11 is 0. The minimum Gasteiger partial charge on any atom is -0.459 e. The largest absolute Gasteiger partial charge is 0.459 e. The van der Waals surface area contributed by atoms with Gasteiger partial charge in [-0.3, -0.25) is 4.79 Å². The average Bonchev–Trinajstić information content (AvgIpc) is 3.10. The standard InChI is InChI=1S/C15H13N3O2/c1-11-8-9-18(17-11)13-6-4-12(5-7-13)16-15(19)14-3-2-10-20-14/h2-10H,1H3,(H,16,19). The second-order valence-corrected chi connectivity index (χ2v) is 4.38. The first kappa shape index (κ1) is 12.2. The minimum absolute atomic E-state index is 0.266. The Morgan fingerprint density at radius 2 is 2.00 bits per heavy atom. The molecule has 5 nitrogen and oxygen atoms in total. The molecule has 0 unspecified atom stereocenters. The van der Waals surface area contributed by atoms with Crippen LogP contribution in [-0.2, 0) is 0 Å². The number of hydrogen-bond acceptors (Lipinski definition) is 3.